The summed E-state index contributed by atoms with van der Waals surface area (Å²) in [6, 6.07) is 17.9. The first kappa shape index (κ1) is 51.2. The number of benzene rings is 5. The van der Waals surface area contributed by atoms with Gasteiger partial charge >= 0.3 is 24.7 Å². The van der Waals surface area contributed by atoms with Gasteiger partial charge in [-0.25, -0.2) is 17.6 Å². The number of rotatable bonds is 10. The van der Waals surface area contributed by atoms with Crippen molar-refractivity contribution in [2.75, 3.05) is 10.6 Å². The lowest BCUT2D eigenvalue weighted by atomic mass is 9.96. The molecule has 5 aromatic carbocycles. The number of alkyl halides is 12. The van der Waals surface area contributed by atoms with Crippen molar-refractivity contribution >= 4 is 16.9 Å². The van der Waals surface area contributed by atoms with Crippen LogP contribution in [0.5, 0.6) is 0 Å². The number of halogens is 16. The average molecular weight is 909 g/mol. The van der Waals surface area contributed by atoms with E-state index in [0.717, 1.165) is 24.3 Å². The van der Waals surface area contributed by atoms with Gasteiger partial charge in [0.1, 0.15) is 23.3 Å². The van der Waals surface area contributed by atoms with Gasteiger partial charge in [-0.3, -0.25) is 0 Å². The van der Waals surface area contributed by atoms with Crippen LogP contribution < -0.4 is 10.6 Å². The molecule has 0 heterocycles. The summed E-state index contributed by atoms with van der Waals surface area (Å²) in [5, 5.41) is 5.43. The molecule has 2 N–H and O–H groups in total. The van der Waals surface area contributed by atoms with Gasteiger partial charge in [0.25, 0.3) is 0 Å². The summed E-state index contributed by atoms with van der Waals surface area (Å²) in [5.74, 6) is -3.08. The maximum atomic E-state index is 13.7. The van der Waals surface area contributed by atoms with Gasteiger partial charge in [0, 0.05) is 41.2 Å². The molecule has 0 bridgehead atoms. The van der Waals surface area contributed by atoms with Gasteiger partial charge in [-0.15, -0.1) is 0 Å². The number of hydrogen-bond donors (Lipinski definition) is 2. The van der Waals surface area contributed by atoms with Crippen LogP contribution in [-0.4, -0.2) is 12.4 Å². The zero-order chi connectivity index (χ0) is 47.5. The minimum absolute atomic E-state index is 0.0870. The molecule has 0 aliphatic carbocycles. The van der Waals surface area contributed by atoms with Crippen molar-refractivity contribution in [3.63, 3.8) is 0 Å². The summed E-state index contributed by atoms with van der Waals surface area (Å²) in [6.07, 6.45) is -18.6. The third-order valence-electron chi connectivity index (χ3n) is 8.78. The average Bonchev–Trinajstić information content (AvgIpc) is 3.20. The van der Waals surface area contributed by atoms with Crippen molar-refractivity contribution in [3.05, 3.63) is 184 Å². The second kappa shape index (κ2) is 21.3. The van der Waals surface area contributed by atoms with E-state index >= 15 is 0 Å². The Balaban J connectivity index is 0.000000323. The maximum Gasteiger partial charge on any atom is 0.417 e. The Morgan fingerprint density at radius 2 is 0.984 bits per heavy atom. The largest absolute Gasteiger partial charge is 0.417 e. The Kier molecular flexibility index (Phi) is 17.3. The van der Waals surface area contributed by atoms with Crippen molar-refractivity contribution in [1.82, 2.24) is 0 Å². The molecule has 5 rings (SSSR count). The Bertz CT molecular complexity index is 2330. The first-order chi connectivity index (χ1) is 29.3. The summed E-state index contributed by atoms with van der Waals surface area (Å²) in [4.78, 5) is 0. The van der Waals surface area contributed by atoms with E-state index in [0.29, 0.717) is 48.6 Å². The first-order valence-electron chi connectivity index (χ1n) is 18.3. The van der Waals surface area contributed by atoms with Gasteiger partial charge in [0.15, 0.2) is 0 Å². The zero-order valence-corrected chi connectivity index (χ0v) is 33.1. The number of allylic oxidation sites excluding steroid dienone is 5. The molecule has 0 atom stereocenters. The third kappa shape index (κ3) is 14.2. The topological polar surface area (TPSA) is 24.1 Å². The predicted molar refractivity (Wildman–Crippen MR) is 210 cm³/mol. The molecule has 0 aromatic heterocycles. The minimum Gasteiger partial charge on any atom is -0.381 e. The summed E-state index contributed by atoms with van der Waals surface area (Å²) in [5.41, 5.74) is -6.29. The molecule has 0 fully saturated rings. The molecule has 0 unspecified atom stereocenters. The molecule has 0 aliphatic rings. The van der Waals surface area contributed by atoms with Gasteiger partial charge in [-0.1, -0.05) is 62.9 Å². The van der Waals surface area contributed by atoms with Crippen molar-refractivity contribution < 1.29 is 70.2 Å². The van der Waals surface area contributed by atoms with Gasteiger partial charge in [0.05, 0.1) is 16.7 Å². The number of nitrogens with one attached hydrogen (secondary N) is 2. The fourth-order valence-corrected chi connectivity index (χ4v) is 5.50. The summed E-state index contributed by atoms with van der Waals surface area (Å²) in [6.45, 7) is 7.22. The SMILES string of the molecule is C=C/C(=C\C(=C(/C)C(F)(F)F)c1ccc(NCc2c(F)cccc2F)cc1)C(F)(F)F.CC.Fc1cccc(F)c1CNc1ccc(-c2cc(C(F)(F)F)ccc2C(F)(F)F)cc1. The second-order valence-electron chi connectivity index (χ2n) is 12.9. The normalized spacial score (nSPS) is 12.6. The molecule has 0 aliphatic heterocycles. The standard InChI is InChI=1S/C22H17F8N.C21H13F8N.C2H6/c1-3-15(22(28,29)30)11-17(13(2)21(25,26)27)14-7-9-16(10-8-14)31-12-18-19(23)5-4-6-20(18)24;22-18-2-1-3-19(23)16(18)11-30-14-7-4-12(5-8-14)15-10-13(20(24,25)26)6-9-17(15)21(27,28)29;1-2/h3-11,31H,1,12H2,2H3;1-10,30H,11H2;1-2H3/b15-11+,17-13-;;. The van der Waals surface area contributed by atoms with E-state index in [1.807, 2.05) is 13.8 Å². The summed E-state index contributed by atoms with van der Waals surface area (Å²) >= 11 is 0. The van der Waals surface area contributed by atoms with Crippen molar-refractivity contribution in [1.29, 1.82) is 0 Å². The highest BCUT2D eigenvalue weighted by Gasteiger charge is 2.38. The van der Waals surface area contributed by atoms with Gasteiger partial charge in [-0.2, -0.15) is 52.7 Å². The molecule has 0 radical (unpaired) electrons. The third-order valence-corrected chi connectivity index (χ3v) is 8.78. The Labute approximate surface area is 351 Å². The van der Waals surface area contributed by atoms with Gasteiger partial charge in [0.2, 0.25) is 0 Å². The van der Waals surface area contributed by atoms with Gasteiger partial charge < -0.3 is 10.6 Å². The molecule has 0 spiro atoms. The zero-order valence-electron chi connectivity index (χ0n) is 33.1. The molecular weight excluding hydrogens is 872 g/mol. The lowest BCUT2D eigenvalue weighted by Crippen LogP contribution is -2.13. The van der Waals surface area contributed by atoms with Crippen LogP contribution in [0.4, 0.5) is 81.6 Å². The fraction of sp³-hybridized carbons (Fsp3) is 0.200. The Morgan fingerprint density at radius 3 is 1.35 bits per heavy atom. The van der Waals surface area contributed by atoms with Crippen LogP contribution in [0.2, 0.25) is 0 Å². The monoisotopic (exact) mass is 908 g/mol. The van der Waals surface area contributed by atoms with E-state index < -0.39 is 81.4 Å². The molecule has 18 heteroatoms. The molecule has 0 saturated carbocycles. The van der Waals surface area contributed by atoms with E-state index in [4.69, 9.17) is 0 Å². The van der Waals surface area contributed by atoms with E-state index in [9.17, 15) is 70.2 Å². The molecule has 338 valence electrons. The first-order valence-corrected chi connectivity index (χ1v) is 18.3. The van der Waals surface area contributed by atoms with Crippen molar-refractivity contribution in [3.8, 4) is 11.1 Å². The lowest BCUT2D eigenvalue weighted by Gasteiger charge is -2.16. The summed E-state index contributed by atoms with van der Waals surface area (Å²) < 4.78 is 212. The quantitative estimate of drug-likeness (QED) is 0.108. The minimum atomic E-state index is -4.88. The fourth-order valence-electron chi connectivity index (χ4n) is 5.50. The van der Waals surface area contributed by atoms with Crippen LogP contribution in [-0.2, 0) is 25.4 Å². The smallest absolute Gasteiger partial charge is 0.381 e. The molecule has 5 aromatic rings. The van der Waals surface area contributed by atoms with Crippen LogP contribution in [0.25, 0.3) is 16.7 Å². The highest BCUT2D eigenvalue weighted by molar-refractivity contribution is 5.79. The molecule has 0 saturated heterocycles. The Morgan fingerprint density at radius 1 is 0.556 bits per heavy atom. The van der Waals surface area contributed by atoms with Crippen LogP contribution in [0.15, 0.2) is 133 Å². The van der Waals surface area contributed by atoms with E-state index in [-0.39, 0.29) is 35.3 Å². The predicted octanol–water partition coefficient (Wildman–Crippen LogP) is 15.9. The highest BCUT2D eigenvalue weighted by Crippen LogP contribution is 2.41. The van der Waals surface area contributed by atoms with E-state index in [2.05, 4.69) is 17.2 Å². The molecule has 2 nitrogen and oxygen atoms in total. The van der Waals surface area contributed by atoms with Crippen molar-refractivity contribution in [2.45, 2.75) is 58.6 Å². The van der Waals surface area contributed by atoms with Gasteiger partial charge in [-0.05, 0) is 102 Å². The van der Waals surface area contributed by atoms with Crippen LogP contribution in [0, 0.1) is 23.3 Å². The highest BCUT2D eigenvalue weighted by atomic mass is 19.4. The number of hydrogen-bond acceptors (Lipinski definition) is 2. The molecule has 63 heavy (non-hydrogen) atoms. The number of anilines is 2. The maximum absolute atomic E-state index is 13.7. The lowest BCUT2D eigenvalue weighted by molar-refractivity contribution is -0.141. The van der Waals surface area contributed by atoms with Crippen molar-refractivity contribution in [2.24, 2.45) is 0 Å². The second-order valence-corrected chi connectivity index (χ2v) is 12.9. The summed E-state index contributed by atoms with van der Waals surface area (Å²) in [7, 11) is 0. The van der Waals surface area contributed by atoms with E-state index in [1.54, 1.807) is 0 Å². The van der Waals surface area contributed by atoms with Crippen LogP contribution in [0.1, 0.15) is 48.6 Å². The van der Waals surface area contributed by atoms with Crippen LogP contribution in [0.3, 0.4) is 0 Å². The Hall–Kier alpha value is -6.20. The van der Waals surface area contributed by atoms with E-state index in [1.165, 1.54) is 60.7 Å². The molecular formula is C45H36F16N2. The molecule has 0 amide bonds. The van der Waals surface area contributed by atoms with Crippen LogP contribution >= 0.6 is 0 Å².